The van der Waals surface area contributed by atoms with Crippen molar-refractivity contribution in [2.75, 3.05) is 19.5 Å². The summed E-state index contributed by atoms with van der Waals surface area (Å²) in [5.74, 6) is 0.610. The van der Waals surface area contributed by atoms with Gasteiger partial charge in [0, 0.05) is 23.5 Å². The fourth-order valence-corrected chi connectivity index (χ4v) is 1.94. The van der Waals surface area contributed by atoms with Gasteiger partial charge in [0.25, 0.3) is 0 Å². The fraction of sp³-hybridized carbons (Fsp3) is 0.455. The number of esters is 1. The molecule has 1 atom stereocenters. The highest BCUT2D eigenvalue weighted by molar-refractivity contribution is 7.99. The van der Waals surface area contributed by atoms with Crippen LogP contribution in [0.15, 0.2) is 23.2 Å². The lowest BCUT2D eigenvalue weighted by molar-refractivity contribution is 0.0593. The van der Waals surface area contributed by atoms with E-state index in [2.05, 4.69) is 9.72 Å². The molecule has 0 aromatic carbocycles. The van der Waals surface area contributed by atoms with Crippen LogP contribution in [0.25, 0.3) is 0 Å². The largest absolute Gasteiger partial charge is 0.464 e. The van der Waals surface area contributed by atoms with Crippen LogP contribution in [0.4, 0.5) is 0 Å². The minimum absolute atomic E-state index is 0.169. The lowest BCUT2D eigenvalue weighted by Gasteiger charge is -2.07. The van der Waals surface area contributed by atoms with Gasteiger partial charge in [-0.05, 0) is 18.1 Å². The van der Waals surface area contributed by atoms with Gasteiger partial charge in [-0.1, -0.05) is 6.92 Å². The van der Waals surface area contributed by atoms with Crippen LogP contribution in [0.2, 0.25) is 0 Å². The molecule has 5 heteroatoms. The summed E-state index contributed by atoms with van der Waals surface area (Å²) in [6, 6.07) is 3.53. The smallest absolute Gasteiger partial charge is 0.356 e. The summed E-state index contributed by atoms with van der Waals surface area (Å²) in [4.78, 5) is 16.1. The Kier molecular flexibility index (Phi) is 5.28. The first-order valence-electron chi connectivity index (χ1n) is 4.95. The van der Waals surface area contributed by atoms with Crippen molar-refractivity contribution in [3.63, 3.8) is 0 Å². The zero-order valence-electron chi connectivity index (χ0n) is 9.34. The van der Waals surface area contributed by atoms with Gasteiger partial charge in [0.2, 0.25) is 0 Å². The van der Waals surface area contributed by atoms with Crippen LogP contribution in [0.1, 0.15) is 17.4 Å². The molecule has 0 aliphatic heterocycles. The van der Waals surface area contributed by atoms with Crippen molar-refractivity contribution in [1.82, 2.24) is 4.98 Å². The molecule has 0 spiro atoms. The van der Waals surface area contributed by atoms with E-state index < -0.39 is 5.97 Å². The molecule has 1 heterocycles. The molecule has 0 aliphatic rings. The number of aromatic nitrogens is 1. The summed E-state index contributed by atoms with van der Waals surface area (Å²) in [7, 11) is 1.33. The van der Waals surface area contributed by atoms with E-state index in [1.165, 1.54) is 7.11 Å². The standard InChI is InChI=1S/C11H15NO3S/c1-8(6-13)7-16-9-3-4-12-10(5-9)11(14)15-2/h3-5,8,13H,6-7H2,1-2H3. The lowest BCUT2D eigenvalue weighted by atomic mass is 10.2. The van der Waals surface area contributed by atoms with Gasteiger partial charge in [0.1, 0.15) is 5.69 Å². The van der Waals surface area contributed by atoms with E-state index in [-0.39, 0.29) is 12.5 Å². The highest BCUT2D eigenvalue weighted by Gasteiger charge is 2.08. The molecule has 4 nitrogen and oxygen atoms in total. The van der Waals surface area contributed by atoms with E-state index in [1.807, 2.05) is 13.0 Å². The number of carbonyl (C=O) groups excluding carboxylic acids is 1. The quantitative estimate of drug-likeness (QED) is 0.626. The van der Waals surface area contributed by atoms with Gasteiger partial charge in [0.05, 0.1) is 7.11 Å². The topological polar surface area (TPSA) is 59.4 Å². The van der Waals surface area contributed by atoms with E-state index in [1.54, 1.807) is 24.0 Å². The Balaban J connectivity index is 2.64. The Morgan fingerprint density at radius 3 is 3.06 bits per heavy atom. The van der Waals surface area contributed by atoms with Crippen LogP contribution >= 0.6 is 11.8 Å². The molecule has 1 aromatic heterocycles. The van der Waals surface area contributed by atoms with Crippen molar-refractivity contribution in [1.29, 1.82) is 0 Å². The molecular weight excluding hydrogens is 226 g/mol. The maximum absolute atomic E-state index is 11.2. The second-order valence-corrected chi connectivity index (χ2v) is 4.56. The van der Waals surface area contributed by atoms with Gasteiger partial charge in [-0.2, -0.15) is 0 Å². The van der Waals surface area contributed by atoms with Gasteiger partial charge in [-0.3, -0.25) is 0 Å². The van der Waals surface area contributed by atoms with E-state index >= 15 is 0 Å². The number of aliphatic hydroxyl groups excluding tert-OH is 1. The molecule has 88 valence electrons. The predicted octanol–water partition coefficient (Wildman–Crippen LogP) is 1.59. The third-order valence-corrected chi connectivity index (χ3v) is 3.30. The van der Waals surface area contributed by atoms with E-state index in [0.717, 1.165) is 10.6 Å². The SMILES string of the molecule is COC(=O)c1cc(SCC(C)CO)ccn1. The zero-order chi connectivity index (χ0) is 12.0. The number of methoxy groups -OCH3 is 1. The summed E-state index contributed by atoms with van der Waals surface area (Å²) >= 11 is 1.59. The first-order valence-corrected chi connectivity index (χ1v) is 5.94. The van der Waals surface area contributed by atoms with Crippen LogP contribution in [-0.4, -0.2) is 35.5 Å². The highest BCUT2D eigenvalue weighted by Crippen LogP contribution is 2.20. The summed E-state index contributed by atoms with van der Waals surface area (Å²) in [6.07, 6.45) is 1.58. The van der Waals surface area contributed by atoms with Crippen molar-refractivity contribution in [3.8, 4) is 0 Å². The Morgan fingerprint density at radius 1 is 1.69 bits per heavy atom. The second kappa shape index (κ2) is 6.50. The van der Waals surface area contributed by atoms with E-state index in [9.17, 15) is 4.79 Å². The highest BCUT2D eigenvalue weighted by atomic mass is 32.2. The van der Waals surface area contributed by atoms with Crippen LogP contribution < -0.4 is 0 Å². The number of ether oxygens (including phenoxy) is 1. The predicted molar refractivity (Wildman–Crippen MR) is 62.6 cm³/mol. The Morgan fingerprint density at radius 2 is 2.44 bits per heavy atom. The molecule has 0 amide bonds. The molecule has 1 rings (SSSR count). The molecule has 1 unspecified atom stereocenters. The normalized spacial score (nSPS) is 12.2. The first kappa shape index (κ1) is 13.0. The summed E-state index contributed by atoms with van der Waals surface area (Å²) in [5, 5.41) is 8.89. The van der Waals surface area contributed by atoms with Crippen LogP contribution in [-0.2, 0) is 4.74 Å². The van der Waals surface area contributed by atoms with Crippen molar-refractivity contribution in [2.24, 2.45) is 5.92 Å². The third-order valence-electron chi connectivity index (χ3n) is 1.97. The molecule has 0 saturated heterocycles. The molecular formula is C11H15NO3S. The number of nitrogens with zero attached hydrogens (tertiary/aromatic N) is 1. The molecule has 0 aliphatic carbocycles. The molecule has 0 radical (unpaired) electrons. The number of hydrogen-bond acceptors (Lipinski definition) is 5. The number of hydrogen-bond donors (Lipinski definition) is 1. The molecule has 1 aromatic rings. The Hall–Kier alpha value is -1.07. The van der Waals surface area contributed by atoms with Crippen molar-refractivity contribution >= 4 is 17.7 Å². The van der Waals surface area contributed by atoms with E-state index in [4.69, 9.17) is 5.11 Å². The van der Waals surface area contributed by atoms with Crippen LogP contribution in [0.5, 0.6) is 0 Å². The van der Waals surface area contributed by atoms with Gasteiger partial charge < -0.3 is 9.84 Å². The summed E-state index contributed by atoms with van der Waals surface area (Å²) in [6.45, 7) is 2.14. The van der Waals surface area contributed by atoms with E-state index in [0.29, 0.717) is 5.69 Å². The molecule has 0 saturated carbocycles. The average molecular weight is 241 g/mol. The maximum Gasteiger partial charge on any atom is 0.356 e. The minimum atomic E-state index is -0.433. The fourth-order valence-electron chi connectivity index (χ4n) is 1.01. The number of aliphatic hydroxyl groups is 1. The molecule has 0 bridgehead atoms. The monoisotopic (exact) mass is 241 g/mol. The van der Waals surface area contributed by atoms with Gasteiger partial charge >= 0.3 is 5.97 Å². The Bertz CT molecular complexity index is 357. The van der Waals surface area contributed by atoms with Gasteiger partial charge in [-0.25, -0.2) is 9.78 Å². The lowest BCUT2D eigenvalue weighted by Crippen LogP contribution is -2.05. The molecule has 0 fully saturated rings. The van der Waals surface area contributed by atoms with Crippen molar-refractivity contribution < 1.29 is 14.6 Å². The van der Waals surface area contributed by atoms with Gasteiger partial charge in [0.15, 0.2) is 0 Å². The van der Waals surface area contributed by atoms with Crippen molar-refractivity contribution in [2.45, 2.75) is 11.8 Å². The first-order chi connectivity index (χ1) is 7.67. The number of carbonyl (C=O) groups is 1. The zero-order valence-corrected chi connectivity index (χ0v) is 10.2. The number of rotatable bonds is 5. The van der Waals surface area contributed by atoms with Crippen LogP contribution in [0, 0.1) is 5.92 Å². The average Bonchev–Trinajstić information content (AvgIpc) is 2.35. The van der Waals surface area contributed by atoms with Crippen molar-refractivity contribution in [3.05, 3.63) is 24.0 Å². The van der Waals surface area contributed by atoms with Gasteiger partial charge in [-0.15, -0.1) is 11.8 Å². The number of thioether (sulfide) groups is 1. The molecule has 1 N–H and O–H groups in total. The minimum Gasteiger partial charge on any atom is -0.464 e. The Labute approximate surface area is 99.0 Å². The number of pyridine rings is 1. The second-order valence-electron chi connectivity index (χ2n) is 3.47. The third kappa shape index (κ3) is 3.83. The maximum atomic E-state index is 11.2. The van der Waals surface area contributed by atoms with Crippen LogP contribution in [0.3, 0.4) is 0 Å². The summed E-state index contributed by atoms with van der Waals surface area (Å²) < 4.78 is 4.59. The summed E-state index contributed by atoms with van der Waals surface area (Å²) in [5.41, 5.74) is 0.309. The molecule has 16 heavy (non-hydrogen) atoms.